The predicted molar refractivity (Wildman–Crippen MR) is 81.5 cm³/mol. The van der Waals surface area contributed by atoms with Gasteiger partial charge in [0.15, 0.2) is 0 Å². The molecule has 0 heterocycles. The molecular formula is C16H34O4. The van der Waals surface area contributed by atoms with Crippen molar-refractivity contribution in [1.29, 1.82) is 0 Å². The maximum absolute atomic E-state index is 9.86. The van der Waals surface area contributed by atoms with Gasteiger partial charge < -0.3 is 20.4 Å². The zero-order chi connectivity index (χ0) is 15.4. The predicted octanol–water partition coefficient (Wildman–Crippen LogP) is 2.37. The van der Waals surface area contributed by atoms with E-state index in [1.807, 2.05) is 0 Å². The smallest absolute Gasteiger partial charge is 0.108 e. The Hall–Kier alpha value is -0.160. The highest BCUT2D eigenvalue weighted by atomic mass is 16.4. The second-order valence-electron chi connectivity index (χ2n) is 5.81. The van der Waals surface area contributed by atoms with Crippen molar-refractivity contribution < 1.29 is 20.4 Å². The highest BCUT2D eigenvalue weighted by Gasteiger charge is 2.29. The Morgan fingerprint density at radius 3 is 1.20 bits per heavy atom. The van der Waals surface area contributed by atoms with Crippen LogP contribution in [0, 0.1) is 0 Å². The topological polar surface area (TPSA) is 80.9 Å². The van der Waals surface area contributed by atoms with Gasteiger partial charge in [0.05, 0.1) is 12.2 Å². The van der Waals surface area contributed by atoms with Gasteiger partial charge in [-0.3, -0.25) is 0 Å². The summed E-state index contributed by atoms with van der Waals surface area (Å²) in [6, 6.07) is 0. The summed E-state index contributed by atoms with van der Waals surface area (Å²) in [5.74, 6) is 0. The number of rotatable bonds is 13. The van der Waals surface area contributed by atoms with Crippen LogP contribution >= 0.6 is 0 Å². The molecule has 0 rings (SSSR count). The van der Waals surface area contributed by atoms with Crippen LogP contribution in [-0.4, -0.2) is 44.8 Å². The molecule has 4 heteroatoms. The minimum absolute atomic E-state index is 0.473. The third-order valence-electron chi connectivity index (χ3n) is 3.85. The van der Waals surface area contributed by atoms with Gasteiger partial charge in [0.25, 0.3) is 0 Å². The van der Waals surface area contributed by atoms with Gasteiger partial charge >= 0.3 is 0 Å². The molecule has 122 valence electrons. The van der Waals surface area contributed by atoms with Gasteiger partial charge in [0.2, 0.25) is 0 Å². The zero-order valence-electron chi connectivity index (χ0n) is 13.2. The standard InChI is InChI=1S/C16H34O4/c1-3-5-7-9-11-13(17)15(19)16(20)14(18)12-10-8-6-4-2/h13-20H,3-12H2,1-2H3. The molecule has 0 aromatic carbocycles. The lowest BCUT2D eigenvalue weighted by Crippen LogP contribution is -2.44. The molecule has 0 aliphatic heterocycles. The van der Waals surface area contributed by atoms with Crippen LogP contribution in [0.5, 0.6) is 0 Å². The van der Waals surface area contributed by atoms with Crippen molar-refractivity contribution in [2.24, 2.45) is 0 Å². The Morgan fingerprint density at radius 2 is 0.900 bits per heavy atom. The second-order valence-corrected chi connectivity index (χ2v) is 5.81. The maximum atomic E-state index is 9.86. The Bertz CT molecular complexity index is 189. The van der Waals surface area contributed by atoms with E-state index in [1.165, 1.54) is 0 Å². The number of unbranched alkanes of at least 4 members (excludes halogenated alkanes) is 6. The first kappa shape index (κ1) is 19.8. The molecule has 0 spiro atoms. The van der Waals surface area contributed by atoms with Crippen LogP contribution in [0.1, 0.15) is 78.1 Å². The molecule has 0 aromatic rings. The first-order valence-electron chi connectivity index (χ1n) is 8.26. The largest absolute Gasteiger partial charge is 0.390 e. The Kier molecular flexibility index (Phi) is 12.5. The molecule has 4 N–H and O–H groups in total. The summed E-state index contributed by atoms with van der Waals surface area (Å²) < 4.78 is 0. The van der Waals surface area contributed by atoms with E-state index < -0.39 is 24.4 Å². The average Bonchev–Trinajstić information content (AvgIpc) is 2.46. The van der Waals surface area contributed by atoms with Crippen LogP contribution in [0.15, 0.2) is 0 Å². The van der Waals surface area contributed by atoms with Crippen molar-refractivity contribution in [1.82, 2.24) is 0 Å². The highest BCUT2D eigenvalue weighted by Crippen LogP contribution is 2.15. The molecule has 0 amide bonds. The quantitative estimate of drug-likeness (QED) is 0.393. The van der Waals surface area contributed by atoms with E-state index in [-0.39, 0.29) is 0 Å². The molecule has 4 unspecified atom stereocenters. The van der Waals surface area contributed by atoms with Crippen molar-refractivity contribution in [2.75, 3.05) is 0 Å². The first-order chi connectivity index (χ1) is 9.54. The Labute approximate surface area is 123 Å². The van der Waals surface area contributed by atoms with E-state index in [2.05, 4.69) is 13.8 Å². The number of aliphatic hydroxyl groups is 4. The van der Waals surface area contributed by atoms with Crippen LogP contribution in [0.2, 0.25) is 0 Å². The second kappa shape index (κ2) is 12.6. The lowest BCUT2D eigenvalue weighted by molar-refractivity contribution is -0.108. The monoisotopic (exact) mass is 290 g/mol. The minimum atomic E-state index is -1.25. The molecule has 0 radical (unpaired) electrons. The molecule has 0 aliphatic rings. The van der Waals surface area contributed by atoms with Crippen molar-refractivity contribution in [3.05, 3.63) is 0 Å². The van der Waals surface area contributed by atoms with E-state index in [9.17, 15) is 20.4 Å². The molecule has 0 aliphatic carbocycles. The molecule has 20 heavy (non-hydrogen) atoms. The van der Waals surface area contributed by atoms with Gasteiger partial charge in [-0.2, -0.15) is 0 Å². The van der Waals surface area contributed by atoms with Gasteiger partial charge in [-0.05, 0) is 12.8 Å². The van der Waals surface area contributed by atoms with Crippen molar-refractivity contribution >= 4 is 0 Å². The van der Waals surface area contributed by atoms with Crippen LogP contribution in [0.25, 0.3) is 0 Å². The maximum Gasteiger partial charge on any atom is 0.108 e. The minimum Gasteiger partial charge on any atom is -0.390 e. The van der Waals surface area contributed by atoms with Crippen molar-refractivity contribution in [3.63, 3.8) is 0 Å². The molecule has 4 nitrogen and oxygen atoms in total. The zero-order valence-corrected chi connectivity index (χ0v) is 13.2. The molecule has 4 atom stereocenters. The van der Waals surface area contributed by atoms with Crippen LogP contribution in [0.3, 0.4) is 0 Å². The lowest BCUT2D eigenvalue weighted by atomic mass is 9.96. The van der Waals surface area contributed by atoms with E-state index in [0.29, 0.717) is 12.8 Å². The molecule has 0 aromatic heterocycles. The van der Waals surface area contributed by atoms with Crippen molar-refractivity contribution in [2.45, 2.75) is 102 Å². The van der Waals surface area contributed by atoms with Crippen LogP contribution in [-0.2, 0) is 0 Å². The third-order valence-corrected chi connectivity index (χ3v) is 3.85. The molecular weight excluding hydrogens is 256 g/mol. The van der Waals surface area contributed by atoms with E-state index >= 15 is 0 Å². The molecule has 0 fully saturated rings. The average molecular weight is 290 g/mol. The first-order valence-corrected chi connectivity index (χ1v) is 8.26. The van der Waals surface area contributed by atoms with Gasteiger partial charge in [-0.15, -0.1) is 0 Å². The van der Waals surface area contributed by atoms with Gasteiger partial charge in [-0.1, -0.05) is 65.2 Å². The summed E-state index contributed by atoms with van der Waals surface area (Å²) >= 11 is 0. The lowest BCUT2D eigenvalue weighted by Gasteiger charge is -2.26. The Morgan fingerprint density at radius 1 is 0.550 bits per heavy atom. The number of hydrogen-bond donors (Lipinski definition) is 4. The van der Waals surface area contributed by atoms with E-state index in [4.69, 9.17) is 0 Å². The fourth-order valence-corrected chi connectivity index (χ4v) is 2.36. The summed E-state index contributed by atoms with van der Waals surface area (Å²) in [6.45, 7) is 4.23. The fourth-order valence-electron chi connectivity index (χ4n) is 2.36. The van der Waals surface area contributed by atoms with Crippen molar-refractivity contribution in [3.8, 4) is 0 Å². The summed E-state index contributed by atoms with van der Waals surface area (Å²) in [6.07, 6.45) is 4.74. The molecule has 0 saturated carbocycles. The molecule has 0 bridgehead atoms. The fraction of sp³-hybridized carbons (Fsp3) is 1.00. The SMILES string of the molecule is CCCCCCC(O)C(O)C(O)C(O)CCCCCC. The van der Waals surface area contributed by atoms with Crippen LogP contribution < -0.4 is 0 Å². The third kappa shape index (κ3) is 8.90. The summed E-state index contributed by atoms with van der Waals surface area (Å²) in [4.78, 5) is 0. The van der Waals surface area contributed by atoms with Gasteiger partial charge in [0, 0.05) is 0 Å². The normalized spacial score (nSPS) is 17.7. The van der Waals surface area contributed by atoms with E-state index in [0.717, 1.165) is 51.4 Å². The highest BCUT2D eigenvalue weighted by molar-refractivity contribution is 4.80. The Balaban J connectivity index is 3.88. The molecule has 0 saturated heterocycles. The summed E-state index contributed by atoms with van der Waals surface area (Å²) in [5, 5.41) is 39.4. The van der Waals surface area contributed by atoms with Crippen LogP contribution in [0.4, 0.5) is 0 Å². The van der Waals surface area contributed by atoms with Gasteiger partial charge in [-0.25, -0.2) is 0 Å². The number of hydrogen-bond acceptors (Lipinski definition) is 4. The number of aliphatic hydroxyl groups excluding tert-OH is 4. The summed E-state index contributed by atoms with van der Waals surface area (Å²) in [7, 11) is 0. The summed E-state index contributed by atoms with van der Waals surface area (Å²) in [5.41, 5.74) is 0. The van der Waals surface area contributed by atoms with Gasteiger partial charge in [0.1, 0.15) is 12.2 Å². The van der Waals surface area contributed by atoms with E-state index in [1.54, 1.807) is 0 Å².